The van der Waals surface area contributed by atoms with E-state index in [9.17, 15) is 0 Å². The van der Waals surface area contributed by atoms with Gasteiger partial charge in [-0.15, -0.1) is 11.3 Å². The standard InChI is InChI=1S/C13H22N2S/c1-10-6-7-13(16-10)11(2)14-12-5-4-8-15(3)9-12/h6-7,11-12,14H,4-5,8-9H2,1-3H3. The number of likely N-dealkylation sites (N-methyl/N-ethyl adjacent to an activating group) is 1. The summed E-state index contributed by atoms with van der Waals surface area (Å²) in [4.78, 5) is 5.29. The summed E-state index contributed by atoms with van der Waals surface area (Å²) < 4.78 is 0. The van der Waals surface area contributed by atoms with Crippen LogP contribution in [0.5, 0.6) is 0 Å². The van der Waals surface area contributed by atoms with Gasteiger partial charge in [0.25, 0.3) is 0 Å². The summed E-state index contributed by atoms with van der Waals surface area (Å²) in [5, 5.41) is 3.75. The molecule has 3 heteroatoms. The quantitative estimate of drug-likeness (QED) is 0.871. The molecule has 16 heavy (non-hydrogen) atoms. The van der Waals surface area contributed by atoms with Crippen molar-refractivity contribution in [1.82, 2.24) is 10.2 Å². The number of nitrogens with one attached hydrogen (secondary N) is 1. The average molecular weight is 238 g/mol. The summed E-state index contributed by atoms with van der Waals surface area (Å²) >= 11 is 1.91. The number of aryl methyl sites for hydroxylation is 1. The summed E-state index contributed by atoms with van der Waals surface area (Å²) in [7, 11) is 2.22. The molecule has 1 aromatic heterocycles. The maximum absolute atomic E-state index is 3.75. The number of hydrogen-bond donors (Lipinski definition) is 1. The van der Waals surface area contributed by atoms with Crippen LogP contribution >= 0.6 is 11.3 Å². The van der Waals surface area contributed by atoms with Gasteiger partial charge in [0.15, 0.2) is 0 Å². The zero-order chi connectivity index (χ0) is 11.5. The van der Waals surface area contributed by atoms with E-state index in [1.54, 1.807) is 0 Å². The number of rotatable bonds is 3. The van der Waals surface area contributed by atoms with Crippen LogP contribution in [0, 0.1) is 6.92 Å². The second kappa shape index (κ2) is 5.30. The van der Waals surface area contributed by atoms with Crippen molar-refractivity contribution in [1.29, 1.82) is 0 Å². The van der Waals surface area contributed by atoms with E-state index in [4.69, 9.17) is 0 Å². The smallest absolute Gasteiger partial charge is 0.0388 e. The fourth-order valence-electron chi connectivity index (χ4n) is 2.42. The third-order valence-corrected chi connectivity index (χ3v) is 4.48. The molecule has 0 spiro atoms. The van der Waals surface area contributed by atoms with Crippen molar-refractivity contribution in [2.45, 2.75) is 38.8 Å². The Labute approximate surface area is 103 Å². The second-order valence-corrected chi connectivity index (χ2v) is 6.26. The molecule has 2 unspecified atom stereocenters. The minimum absolute atomic E-state index is 0.496. The first-order valence-electron chi connectivity index (χ1n) is 6.16. The molecule has 2 rings (SSSR count). The Morgan fingerprint density at radius 3 is 2.94 bits per heavy atom. The van der Waals surface area contributed by atoms with E-state index < -0.39 is 0 Å². The van der Waals surface area contributed by atoms with Gasteiger partial charge in [-0.05, 0) is 52.4 Å². The lowest BCUT2D eigenvalue weighted by molar-refractivity contribution is 0.219. The predicted molar refractivity (Wildman–Crippen MR) is 71.1 cm³/mol. The first kappa shape index (κ1) is 12.1. The minimum Gasteiger partial charge on any atom is -0.305 e. The monoisotopic (exact) mass is 238 g/mol. The van der Waals surface area contributed by atoms with Crippen LogP contribution < -0.4 is 5.32 Å². The molecule has 2 atom stereocenters. The van der Waals surface area contributed by atoms with Gasteiger partial charge in [0.05, 0.1) is 0 Å². The Bertz CT molecular complexity index is 334. The molecule has 90 valence electrons. The van der Waals surface area contributed by atoms with Gasteiger partial charge < -0.3 is 10.2 Å². The molecule has 0 aromatic carbocycles. The van der Waals surface area contributed by atoms with Gasteiger partial charge >= 0.3 is 0 Å². The van der Waals surface area contributed by atoms with Crippen molar-refractivity contribution in [2.24, 2.45) is 0 Å². The molecule has 1 aliphatic rings. The Hall–Kier alpha value is -0.380. The minimum atomic E-state index is 0.496. The van der Waals surface area contributed by atoms with Gasteiger partial charge in [-0.2, -0.15) is 0 Å². The Kier molecular flexibility index (Phi) is 4.00. The molecule has 1 aliphatic heterocycles. The fraction of sp³-hybridized carbons (Fsp3) is 0.692. The maximum atomic E-state index is 3.75. The van der Waals surface area contributed by atoms with E-state index in [1.807, 2.05) is 11.3 Å². The van der Waals surface area contributed by atoms with E-state index in [2.05, 4.69) is 43.2 Å². The molecular formula is C13H22N2S. The van der Waals surface area contributed by atoms with Crippen molar-refractivity contribution in [3.63, 3.8) is 0 Å². The number of nitrogens with zero attached hydrogens (tertiary/aromatic N) is 1. The van der Waals surface area contributed by atoms with Gasteiger partial charge in [0.2, 0.25) is 0 Å². The van der Waals surface area contributed by atoms with Gasteiger partial charge in [-0.3, -0.25) is 0 Å². The normalized spacial score (nSPS) is 24.6. The molecule has 1 saturated heterocycles. The van der Waals surface area contributed by atoms with Crippen molar-refractivity contribution < 1.29 is 0 Å². The molecule has 0 radical (unpaired) electrons. The van der Waals surface area contributed by atoms with Crippen molar-refractivity contribution in [3.8, 4) is 0 Å². The molecule has 2 nitrogen and oxygen atoms in total. The zero-order valence-electron chi connectivity index (χ0n) is 10.5. The molecule has 1 aromatic rings. The molecule has 0 saturated carbocycles. The Morgan fingerprint density at radius 1 is 1.50 bits per heavy atom. The van der Waals surface area contributed by atoms with Crippen LogP contribution in [-0.2, 0) is 0 Å². The highest BCUT2D eigenvalue weighted by Gasteiger charge is 2.19. The molecule has 0 amide bonds. The van der Waals surface area contributed by atoms with E-state index >= 15 is 0 Å². The zero-order valence-corrected chi connectivity index (χ0v) is 11.3. The van der Waals surface area contributed by atoms with Gasteiger partial charge in [0, 0.05) is 28.4 Å². The summed E-state index contributed by atoms with van der Waals surface area (Å²) in [6.45, 7) is 6.90. The summed E-state index contributed by atoms with van der Waals surface area (Å²) in [5.41, 5.74) is 0. The van der Waals surface area contributed by atoms with Crippen LogP contribution in [-0.4, -0.2) is 31.1 Å². The predicted octanol–water partition coefficient (Wildman–Crippen LogP) is 2.80. The molecule has 0 aliphatic carbocycles. The molecule has 2 heterocycles. The highest BCUT2D eigenvalue weighted by Crippen LogP contribution is 2.23. The summed E-state index contributed by atoms with van der Waals surface area (Å²) in [6, 6.07) is 5.63. The lowest BCUT2D eigenvalue weighted by atomic mass is 10.1. The summed E-state index contributed by atoms with van der Waals surface area (Å²) in [5.74, 6) is 0. The largest absolute Gasteiger partial charge is 0.305 e. The number of thiophene rings is 1. The Balaban J connectivity index is 1.89. The first-order valence-corrected chi connectivity index (χ1v) is 6.97. The number of likely N-dealkylation sites (tertiary alicyclic amines) is 1. The van der Waals surface area contributed by atoms with Crippen LogP contribution in [0.25, 0.3) is 0 Å². The molecular weight excluding hydrogens is 216 g/mol. The first-order chi connectivity index (χ1) is 7.65. The van der Waals surface area contributed by atoms with Crippen LogP contribution in [0.15, 0.2) is 12.1 Å². The van der Waals surface area contributed by atoms with E-state index in [1.165, 1.54) is 35.7 Å². The fourth-order valence-corrected chi connectivity index (χ4v) is 3.31. The van der Waals surface area contributed by atoms with Crippen LogP contribution in [0.1, 0.15) is 35.6 Å². The lowest BCUT2D eigenvalue weighted by Crippen LogP contribution is -2.44. The lowest BCUT2D eigenvalue weighted by Gasteiger charge is -2.32. The van der Waals surface area contributed by atoms with Crippen LogP contribution in [0.3, 0.4) is 0 Å². The van der Waals surface area contributed by atoms with Crippen molar-refractivity contribution in [2.75, 3.05) is 20.1 Å². The van der Waals surface area contributed by atoms with E-state index in [0.29, 0.717) is 12.1 Å². The van der Waals surface area contributed by atoms with Gasteiger partial charge in [0.1, 0.15) is 0 Å². The summed E-state index contributed by atoms with van der Waals surface area (Å²) in [6.07, 6.45) is 2.64. The van der Waals surface area contributed by atoms with Crippen LogP contribution in [0.2, 0.25) is 0 Å². The maximum Gasteiger partial charge on any atom is 0.0388 e. The van der Waals surface area contributed by atoms with Crippen LogP contribution in [0.4, 0.5) is 0 Å². The molecule has 1 N–H and O–H groups in total. The molecule has 1 fully saturated rings. The highest BCUT2D eigenvalue weighted by atomic mass is 32.1. The number of piperidine rings is 1. The molecule has 0 bridgehead atoms. The highest BCUT2D eigenvalue weighted by molar-refractivity contribution is 7.12. The Morgan fingerprint density at radius 2 is 2.31 bits per heavy atom. The van der Waals surface area contributed by atoms with E-state index in [-0.39, 0.29) is 0 Å². The number of hydrogen-bond acceptors (Lipinski definition) is 3. The third kappa shape index (κ3) is 3.06. The van der Waals surface area contributed by atoms with Gasteiger partial charge in [-0.25, -0.2) is 0 Å². The van der Waals surface area contributed by atoms with Crippen molar-refractivity contribution >= 4 is 11.3 Å². The van der Waals surface area contributed by atoms with Crippen molar-refractivity contribution in [3.05, 3.63) is 21.9 Å². The second-order valence-electron chi connectivity index (χ2n) is 4.94. The topological polar surface area (TPSA) is 15.3 Å². The van der Waals surface area contributed by atoms with E-state index in [0.717, 1.165) is 0 Å². The third-order valence-electron chi connectivity index (χ3n) is 3.30. The SMILES string of the molecule is Cc1ccc(C(C)NC2CCCN(C)C2)s1. The average Bonchev–Trinajstić information content (AvgIpc) is 2.65. The van der Waals surface area contributed by atoms with Gasteiger partial charge in [-0.1, -0.05) is 0 Å².